The van der Waals surface area contributed by atoms with Gasteiger partial charge in [-0.3, -0.25) is 0 Å². The Kier molecular flexibility index (Phi) is 7.82. The molecule has 1 aliphatic heterocycles. The number of hydrogen-bond acceptors (Lipinski definition) is 3. The van der Waals surface area contributed by atoms with Crippen LogP contribution in [0.5, 0.6) is 0 Å². The van der Waals surface area contributed by atoms with Gasteiger partial charge in [-0.25, -0.2) is 0 Å². The van der Waals surface area contributed by atoms with Gasteiger partial charge in [-0.05, 0) is 18.9 Å². The molecule has 114 valence electrons. The first-order valence-corrected chi connectivity index (χ1v) is 7.44. The summed E-state index contributed by atoms with van der Waals surface area (Å²) in [6.07, 6.45) is 11.4. The highest BCUT2D eigenvalue weighted by Gasteiger charge is 2.37. The molecule has 0 bridgehead atoms. The summed E-state index contributed by atoms with van der Waals surface area (Å²) in [5, 5.41) is 10.3. The summed E-state index contributed by atoms with van der Waals surface area (Å²) in [5.41, 5.74) is 1.02. The van der Waals surface area contributed by atoms with E-state index in [9.17, 15) is 5.11 Å². The minimum Gasteiger partial charge on any atom is -0.387 e. The standard InChI is InChI=1S/C17H28O3/c1-5-6-7-8-9-10-11-13(2)17-15(18)16(19-4)14(3)12-20-17/h7-11,14-18H,5-6,12H2,1-4H3. The molecule has 4 atom stereocenters. The van der Waals surface area contributed by atoms with Crippen LogP contribution in [0.1, 0.15) is 33.6 Å². The molecule has 1 fully saturated rings. The largest absolute Gasteiger partial charge is 0.387 e. The lowest BCUT2D eigenvalue weighted by Crippen LogP contribution is -2.50. The number of aliphatic hydroxyl groups is 1. The molecule has 1 saturated heterocycles. The van der Waals surface area contributed by atoms with Crippen molar-refractivity contribution < 1.29 is 14.6 Å². The van der Waals surface area contributed by atoms with Crippen molar-refractivity contribution in [3.8, 4) is 0 Å². The van der Waals surface area contributed by atoms with Crippen LogP contribution in [-0.4, -0.2) is 37.1 Å². The van der Waals surface area contributed by atoms with Crippen LogP contribution < -0.4 is 0 Å². The van der Waals surface area contributed by atoms with E-state index in [2.05, 4.69) is 13.0 Å². The van der Waals surface area contributed by atoms with Crippen LogP contribution in [0.3, 0.4) is 0 Å². The summed E-state index contributed by atoms with van der Waals surface area (Å²) in [5.74, 6) is 0.214. The Morgan fingerprint density at radius 2 is 2.10 bits per heavy atom. The first-order valence-electron chi connectivity index (χ1n) is 7.44. The fourth-order valence-electron chi connectivity index (χ4n) is 2.44. The minimum atomic E-state index is -0.607. The number of allylic oxidation sites excluding steroid dienone is 5. The molecule has 0 amide bonds. The minimum absolute atomic E-state index is 0.162. The van der Waals surface area contributed by atoms with Gasteiger partial charge < -0.3 is 14.6 Å². The third-order valence-corrected chi connectivity index (χ3v) is 3.64. The van der Waals surface area contributed by atoms with Crippen LogP contribution in [0.15, 0.2) is 36.0 Å². The lowest BCUT2D eigenvalue weighted by molar-refractivity contribution is -0.158. The van der Waals surface area contributed by atoms with Gasteiger partial charge in [0.05, 0.1) is 12.7 Å². The predicted molar refractivity (Wildman–Crippen MR) is 82.7 cm³/mol. The summed E-state index contributed by atoms with van der Waals surface area (Å²) in [4.78, 5) is 0. The third kappa shape index (κ3) is 4.89. The van der Waals surface area contributed by atoms with Gasteiger partial charge in [0, 0.05) is 13.0 Å². The smallest absolute Gasteiger partial charge is 0.110 e. The number of methoxy groups -OCH3 is 1. The maximum absolute atomic E-state index is 10.3. The number of aliphatic hydroxyl groups excluding tert-OH is 1. The molecule has 0 aromatic rings. The van der Waals surface area contributed by atoms with E-state index in [0.717, 1.165) is 18.4 Å². The molecule has 0 spiro atoms. The van der Waals surface area contributed by atoms with Gasteiger partial charge in [0.15, 0.2) is 0 Å². The van der Waals surface area contributed by atoms with Crippen molar-refractivity contribution in [1.82, 2.24) is 0 Å². The number of rotatable bonds is 6. The third-order valence-electron chi connectivity index (χ3n) is 3.64. The van der Waals surface area contributed by atoms with E-state index in [0.29, 0.717) is 6.61 Å². The summed E-state index contributed by atoms with van der Waals surface area (Å²) in [6, 6.07) is 0. The van der Waals surface area contributed by atoms with Crippen LogP contribution in [-0.2, 0) is 9.47 Å². The fraction of sp³-hybridized carbons (Fsp3) is 0.647. The van der Waals surface area contributed by atoms with Crippen LogP contribution in [0.4, 0.5) is 0 Å². The van der Waals surface area contributed by atoms with Gasteiger partial charge in [0.25, 0.3) is 0 Å². The monoisotopic (exact) mass is 280 g/mol. The van der Waals surface area contributed by atoms with Crippen molar-refractivity contribution >= 4 is 0 Å². The second-order valence-electron chi connectivity index (χ2n) is 5.43. The summed E-state index contributed by atoms with van der Waals surface area (Å²) < 4.78 is 11.1. The van der Waals surface area contributed by atoms with Gasteiger partial charge in [-0.1, -0.05) is 50.6 Å². The Morgan fingerprint density at radius 3 is 2.75 bits per heavy atom. The van der Waals surface area contributed by atoms with E-state index >= 15 is 0 Å². The topological polar surface area (TPSA) is 38.7 Å². The van der Waals surface area contributed by atoms with Crippen LogP contribution in [0.2, 0.25) is 0 Å². The Bertz CT molecular complexity index is 357. The number of ether oxygens (including phenoxy) is 2. The van der Waals surface area contributed by atoms with E-state index in [1.165, 1.54) is 0 Å². The van der Waals surface area contributed by atoms with Crippen molar-refractivity contribution in [2.75, 3.05) is 13.7 Å². The molecule has 4 unspecified atom stereocenters. The Morgan fingerprint density at radius 1 is 1.35 bits per heavy atom. The average Bonchev–Trinajstić information content (AvgIpc) is 2.43. The van der Waals surface area contributed by atoms with Crippen LogP contribution in [0, 0.1) is 5.92 Å². The second kappa shape index (κ2) is 9.11. The quantitative estimate of drug-likeness (QED) is 0.759. The highest BCUT2D eigenvalue weighted by molar-refractivity contribution is 5.20. The maximum Gasteiger partial charge on any atom is 0.110 e. The second-order valence-corrected chi connectivity index (χ2v) is 5.43. The average molecular weight is 280 g/mol. The summed E-state index contributed by atoms with van der Waals surface area (Å²) in [7, 11) is 1.64. The molecule has 1 aliphatic rings. The molecule has 3 heteroatoms. The van der Waals surface area contributed by atoms with Gasteiger partial charge >= 0.3 is 0 Å². The summed E-state index contributed by atoms with van der Waals surface area (Å²) in [6.45, 7) is 6.79. The van der Waals surface area contributed by atoms with E-state index in [1.54, 1.807) is 7.11 Å². The Hall–Kier alpha value is -0.900. The lowest BCUT2D eigenvalue weighted by atomic mass is 9.90. The van der Waals surface area contributed by atoms with Crippen molar-refractivity contribution in [2.24, 2.45) is 5.92 Å². The van der Waals surface area contributed by atoms with Crippen molar-refractivity contribution in [2.45, 2.75) is 51.9 Å². The molecule has 0 aromatic carbocycles. The SMILES string of the molecule is CCCC=CC=CC=C(C)C1OCC(C)C(OC)C1O. The molecule has 1 N–H and O–H groups in total. The van der Waals surface area contributed by atoms with Crippen molar-refractivity contribution in [1.29, 1.82) is 0 Å². The van der Waals surface area contributed by atoms with Crippen LogP contribution in [0.25, 0.3) is 0 Å². The molecule has 3 nitrogen and oxygen atoms in total. The van der Waals surface area contributed by atoms with Gasteiger partial charge in [0.2, 0.25) is 0 Å². The van der Waals surface area contributed by atoms with Gasteiger partial charge in [0.1, 0.15) is 12.2 Å². The molecule has 0 radical (unpaired) electrons. The normalized spacial score (nSPS) is 32.4. The molecular formula is C17H28O3. The first kappa shape index (κ1) is 17.2. The molecule has 1 rings (SSSR count). The predicted octanol–water partition coefficient (Wildman–Crippen LogP) is 3.26. The van der Waals surface area contributed by atoms with Gasteiger partial charge in [-0.2, -0.15) is 0 Å². The molecule has 0 saturated carbocycles. The molecule has 1 heterocycles. The molecule has 0 aromatic heterocycles. The number of unbranched alkanes of at least 4 members (excludes halogenated alkanes) is 1. The van der Waals surface area contributed by atoms with Crippen LogP contribution >= 0.6 is 0 Å². The molecular weight excluding hydrogens is 252 g/mol. The molecule has 0 aliphatic carbocycles. The van der Waals surface area contributed by atoms with E-state index in [1.807, 2.05) is 38.2 Å². The lowest BCUT2D eigenvalue weighted by Gasteiger charge is -2.38. The zero-order chi connectivity index (χ0) is 15.0. The maximum atomic E-state index is 10.3. The van der Waals surface area contributed by atoms with E-state index in [4.69, 9.17) is 9.47 Å². The highest BCUT2D eigenvalue weighted by atomic mass is 16.5. The Labute approximate surface area is 123 Å². The van der Waals surface area contributed by atoms with E-state index < -0.39 is 6.10 Å². The highest BCUT2D eigenvalue weighted by Crippen LogP contribution is 2.26. The Balaban J connectivity index is 2.59. The molecule has 20 heavy (non-hydrogen) atoms. The fourth-order valence-corrected chi connectivity index (χ4v) is 2.44. The summed E-state index contributed by atoms with van der Waals surface area (Å²) >= 11 is 0. The van der Waals surface area contributed by atoms with Crippen molar-refractivity contribution in [3.05, 3.63) is 36.0 Å². The van der Waals surface area contributed by atoms with Crippen molar-refractivity contribution in [3.63, 3.8) is 0 Å². The van der Waals surface area contributed by atoms with E-state index in [-0.39, 0.29) is 18.1 Å². The number of hydrogen-bond donors (Lipinski definition) is 1. The zero-order valence-corrected chi connectivity index (χ0v) is 13.1. The first-order chi connectivity index (χ1) is 9.61. The van der Waals surface area contributed by atoms with Gasteiger partial charge in [-0.15, -0.1) is 0 Å². The zero-order valence-electron chi connectivity index (χ0n) is 13.1.